The van der Waals surface area contributed by atoms with Crippen molar-refractivity contribution in [3.05, 3.63) is 0 Å². The van der Waals surface area contributed by atoms with Crippen LogP contribution in [0, 0.1) is 5.92 Å². The number of hydrogen-bond donors (Lipinski definition) is 1. The van der Waals surface area contributed by atoms with Crippen molar-refractivity contribution in [3.63, 3.8) is 0 Å². The molecular formula is C15H29N3. The molecule has 1 aliphatic carbocycles. The monoisotopic (exact) mass is 251 g/mol. The Hall–Kier alpha value is -0.120. The first-order valence-corrected chi connectivity index (χ1v) is 8.03. The number of hydrogen-bond acceptors (Lipinski definition) is 3. The highest BCUT2D eigenvalue weighted by Gasteiger charge is 2.29. The van der Waals surface area contributed by atoms with Gasteiger partial charge in [-0.25, -0.2) is 0 Å². The minimum absolute atomic E-state index is 0.753. The molecule has 104 valence electrons. The minimum Gasteiger partial charge on any atom is -0.312 e. The summed E-state index contributed by atoms with van der Waals surface area (Å²) < 4.78 is 0. The predicted molar refractivity (Wildman–Crippen MR) is 75.8 cm³/mol. The first kappa shape index (κ1) is 12.9. The Kier molecular flexibility index (Phi) is 4.22. The van der Waals surface area contributed by atoms with Crippen LogP contribution in [0.25, 0.3) is 0 Å². The van der Waals surface area contributed by atoms with E-state index in [0.717, 1.165) is 18.0 Å². The summed E-state index contributed by atoms with van der Waals surface area (Å²) >= 11 is 0. The van der Waals surface area contributed by atoms with Gasteiger partial charge in [0.15, 0.2) is 0 Å². The Balaban J connectivity index is 1.42. The van der Waals surface area contributed by atoms with Crippen molar-refractivity contribution >= 4 is 0 Å². The zero-order valence-corrected chi connectivity index (χ0v) is 11.9. The van der Waals surface area contributed by atoms with Crippen molar-refractivity contribution in [3.8, 4) is 0 Å². The molecule has 3 heteroatoms. The molecule has 2 saturated heterocycles. The highest BCUT2D eigenvalue weighted by Crippen LogP contribution is 2.24. The van der Waals surface area contributed by atoms with Crippen molar-refractivity contribution in [2.45, 2.75) is 51.1 Å². The van der Waals surface area contributed by atoms with Crippen LogP contribution in [-0.2, 0) is 0 Å². The zero-order valence-electron chi connectivity index (χ0n) is 11.9. The van der Waals surface area contributed by atoms with E-state index in [9.17, 15) is 0 Å². The smallest absolute Gasteiger partial charge is 0.0221 e. The second-order valence-electron chi connectivity index (χ2n) is 6.60. The molecule has 2 heterocycles. The van der Waals surface area contributed by atoms with Crippen LogP contribution in [-0.4, -0.2) is 61.2 Å². The summed E-state index contributed by atoms with van der Waals surface area (Å²) in [7, 11) is 0. The van der Waals surface area contributed by atoms with E-state index < -0.39 is 0 Å². The molecule has 1 N–H and O–H groups in total. The Bertz CT molecular complexity index is 254. The fourth-order valence-electron chi connectivity index (χ4n) is 4.00. The van der Waals surface area contributed by atoms with Crippen LogP contribution in [0.15, 0.2) is 0 Å². The first-order chi connectivity index (χ1) is 8.83. The lowest BCUT2D eigenvalue weighted by molar-refractivity contribution is 0.0900. The molecule has 0 aromatic heterocycles. The summed E-state index contributed by atoms with van der Waals surface area (Å²) in [5, 5.41) is 3.66. The van der Waals surface area contributed by atoms with Crippen molar-refractivity contribution < 1.29 is 0 Å². The third-order valence-electron chi connectivity index (χ3n) is 5.40. The van der Waals surface area contributed by atoms with Crippen molar-refractivity contribution in [2.24, 2.45) is 5.92 Å². The van der Waals surface area contributed by atoms with Gasteiger partial charge in [0.1, 0.15) is 0 Å². The largest absolute Gasteiger partial charge is 0.312 e. The number of nitrogens with one attached hydrogen (secondary N) is 1. The van der Waals surface area contributed by atoms with Gasteiger partial charge >= 0.3 is 0 Å². The third-order valence-corrected chi connectivity index (χ3v) is 5.40. The number of nitrogens with zero attached hydrogens (tertiary/aromatic N) is 2. The van der Waals surface area contributed by atoms with Crippen molar-refractivity contribution in [1.29, 1.82) is 0 Å². The summed E-state index contributed by atoms with van der Waals surface area (Å²) in [6.07, 6.45) is 7.22. The van der Waals surface area contributed by atoms with Gasteiger partial charge in [-0.15, -0.1) is 0 Å². The lowest BCUT2D eigenvalue weighted by Gasteiger charge is -2.39. The summed E-state index contributed by atoms with van der Waals surface area (Å²) in [4.78, 5) is 5.44. The highest BCUT2D eigenvalue weighted by molar-refractivity contribution is 4.87. The molecule has 0 spiro atoms. The van der Waals surface area contributed by atoms with Gasteiger partial charge in [0.2, 0.25) is 0 Å². The molecule has 2 aliphatic heterocycles. The Morgan fingerprint density at radius 3 is 2.33 bits per heavy atom. The lowest BCUT2D eigenvalue weighted by Crippen LogP contribution is -2.52. The van der Waals surface area contributed by atoms with E-state index >= 15 is 0 Å². The zero-order chi connectivity index (χ0) is 12.4. The van der Waals surface area contributed by atoms with Gasteiger partial charge in [-0.1, -0.05) is 19.8 Å². The number of piperazine rings is 1. The van der Waals surface area contributed by atoms with Gasteiger partial charge in [-0.3, -0.25) is 9.80 Å². The fourth-order valence-corrected chi connectivity index (χ4v) is 4.00. The molecule has 3 rings (SSSR count). The van der Waals surface area contributed by atoms with Crippen LogP contribution in [0.4, 0.5) is 0 Å². The molecule has 0 bridgehead atoms. The molecule has 0 aromatic rings. The molecule has 0 radical (unpaired) electrons. The van der Waals surface area contributed by atoms with Crippen molar-refractivity contribution in [1.82, 2.24) is 15.1 Å². The van der Waals surface area contributed by atoms with Gasteiger partial charge in [-0.05, 0) is 31.7 Å². The first-order valence-electron chi connectivity index (χ1n) is 8.03. The van der Waals surface area contributed by atoms with Crippen LogP contribution >= 0.6 is 0 Å². The van der Waals surface area contributed by atoms with Gasteiger partial charge in [0.25, 0.3) is 0 Å². The van der Waals surface area contributed by atoms with E-state index in [-0.39, 0.29) is 0 Å². The second kappa shape index (κ2) is 5.89. The van der Waals surface area contributed by atoms with Gasteiger partial charge < -0.3 is 5.32 Å². The maximum atomic E-state index is 3.66. The quantitative estimate of drug-likeness (QED) is 0.821. The number of rotatable bonds is 3. The molecule has 3 nitrogen and oxygen atoms in total. The summed E-state index contributed by atoms with van der Waals surface area (Å²) in [5.74, 6) is 0.873. The maximum Gasteiger partial charge on any atom is 0.0221 e. The molecule has 2 unspecified atom stereocenters. The molecular weight excluding hydrogens is 222 g/mol. The Labute approximate surface area is 112 Å². The topological polar surface area (TPSA) is 18.5 Å². The lowest BCUT2D eigenvalue weighted by atomic mass is 10.0. The fraction of sp³-hybridized carbons (Fsp3) is 1.00. The van der Waals surface area contributed by atoms with Gasteiger partial charge in [-0.2, -0.15) is 0 Å². The van der Waals surface area contributed by atoms with E-state index in [0.29, 0.717) is 0 Å². The van der Waals surface area contributed by atoms with Crippen molar-refractivity contribution in [2.75, 3.05) is 39.3 Å². The van der Waals surface area contributed by atoms with E-state index in [1.165, 1.54) is 71.4 Å². The van der Waals surface area contributed by atoms with Crippen LogP contribution in [0.2, 0.25) is 0 Å². The second-order valence-corrected chi connectivity index (χ2v) is 6.60. The molecule has 2 atom stereocenters. The normalized spacial score (nSPS) is 36.5. The minimum atomic E-state index is 0.753. The Morgan fingerprint density at radius 2 is 1.72 bits per heavy atom. The Morgan fingerprint density at radius 1 is 1.00 bits per heavy atom. The SMILES string of the molecule is CC1CCNC1CN1CCN(C2CCCC2)CC1. The average molecular weight is 251 g/mol. The van der Waals surface area contributed by atoms with Crippen LogP contribution in [0.3, 0.4) is 0 Å². The predicted octanol–water partition coefficient (Wildman–Crippen LogP) is 1.54. The van der Waals surface area contributed by atoms with Crippen LogP contribution < -0.4 is 5.32 Å². The van der Waals surface area contributed by atoms with E-state index in [1.807, 2.05) is 0 Å². The molecule has 3 aliphatic rings. The molecule has 3 fully saturated rings. The maximum absolute atomic E-state index is 3.66. The van der Waals surface area contributed by atoms with E-state index in [2.05, 4.69) is 22.0 Å². The third kappa shape index (κ3) is 2.89. The molecule has 18 heavy (non-hydrogen) atoms. The van der Waals surface area contributed by atoms with Gasteiger partial charge in [0.05, 0.1) is 0 Å². The molecule has 0 amide bonds. The van der Waals surface area contributed by atoms with Crippen LogP contribution in [0.1, 0.15) is 39.0 Å². The van der Waals surface area contributed by atoms with E-state index in [1.54, 1.807) is 0 Å². The average Bonchev–Trinajstić information content (AvgIpc) is 3.03. The van der Waals surface area contributed by atoms with Gasteiger partial charge in [0, 0.05) is 44.8 Å². The summed E-state index contributed by atoms with van der Waals surface area (Å²) in [6, 6.07) is 1.68. The van der Waals surface area contributed by atoms with Crippen LogP contribution in [0.5, 0.6) is 0 Å². The summed E-state index contributed by atoms with van der Waals surface area (Å²) in [5.41, 5.74) is 0. The highest BCUT2D eigenvalue weighted by atomic mass is 15.3. The van der Waals surface area contributed by atoms with E-state index in [4.69, 9.17) is 0 Å². The standard InChI is InChI=1S/C15H29N3/c1-13-6-7-16-15(13)12-17-8-10-18(11-9-17)14-4-2-3-5-14/h13-16H,2-12H2,1H3. The molecule has 0 aromatic carbocycles. The summed E-state index contributed by atoms with van der Waals surface area (Å²) in [6.45, 7) is 10.1. The molecule has 1 saturated carbocycles.